The molecule has 1 N–H and O–H groups in total. The first-order valence-corrected chi connectivity index (χ1v) is 8.61. The number of fused-ring (bicyclic) bond motifs is 2. The van der Waals surface area contributed by atoms with Crippen LogP contribution in [0.4, 0.5) is 5.82 Å². The van der Waals surface area contributed by atoms with E-state index in [1.54, 1.807) is 18.7 Å². The minimum Gasteiger partial charge on any atom is -0.369 e. The number of nitrogens with one attached hydrogen (secondary N) is 1. The highest BCUT2D eigenvalue weighted by Gasteiger charge is 2.14. The van der Waals surface area contributed by atoms with Gasteiger partial charge in [0.2, 0.25) is 0 Å². The summed E-state index contributed by atoms with van der Waals surface area (Å²) in [6.45, 7) is 1.90. The number of nitrogens with zero attached hydrogens (tertiary/aromatic N) is 6. The van der Waals surface area contributed by atoms with Crippen LogP contribution in [0.3, 0.4) is 0 Å². The van der Waals surface area contributed by atoms with Crippen LogP contribution in [0.2, 0.25) is 0 Å². The van der Waals surface area contributed by atoms with Gasteiger partial charge in [0.1, 0.15) is 23.8 Å². The third-order valence-electron chi connectivity index (χ3n) is 4.49. The van der Waals surface area contributed by atoms with Crippen LogP contribution in [0.15, 0.2) is 24.8 Å². The lowest BCUT2D eigenvalue weighted by atomic mass is 10.2. The van der Waals surface area contributed by atoms with E-state index in [4.69, 9.17) is 0 Å². The maximum atomic E-state index is 4.38. The fourth-order valence-corrected chi connectivity index (χ4v) is 3.22. The maximum Gasteiger partial charge on any atom is 0.138 e. The molecule has 7 nitrogen and oxygen atoms in total. The molecule has 0 fully saturated rings. The molecule has 4 heterocycles. The number of anilines is 1. The highest BCUT2D eigenvalue weighted by atomic mass is 15.3. The van der Waals surface area contributed by atoms with Crippen LogP contribution in [-0.4, -0.2) is 36.3 Å². The van der Waals surface area contributed by atoms with Crippen LogP contribution in [0.1, 0.15) is 37.3 Å². The van der Waals surface area contributed by atoms with Gasteiger partial charge in [-0.05, 0) is 25.3 Å². The van der Waals surface area contributed by atoms with Crippen molar-refractivity contribution in [2.75, 3.05) is 11.9 Å². The van der Waals surface area contributed by atoms with Gasteiger partial charge in [0.15, 0.2) is 0 Å². The molecule has 24 heavy (non-hydrogen) atoms. The summed E-state index contributed by atoms with van der Waals surface area (Å²) in [7, 11) is 0. The highest BCUT2D eigenvalue weighted by molar-refractivity contribution is 5.87. The van der Waals surface area contributed by atoms with Gasteiger partial charge < -0.3 is 9.88 Å². The molecular weight excluding hydrogens is 302 g/mol. The van der Waals surface area contributed by atoms with Crippen molar-refractivity contribution in [2.45, 2.75) is 45.1 Å². The smallest absolute Gasteiger partial charge is 0.138 e. The predicted octanol–water partition coefficient (Wildman–Crippen LogP) is 2.39. The summed E-state index contributed by atoms with van der Waals surface area (Å²) in [6, 6.07) is 1.90. The van der Waals surface area contributed by atoms with Gasteiger partial charge in [-0.2, -0.15) is 0 Å². The lowest BCUT2D eigenvalue weighted by Gasteiger charge is -2.09. The summed E-state index contributed by atoms with van der Waals surface area (Å²) in [4.78, 5) is 12.7. The fourth-order valence-electron chi connectivity index (χ4n) is 3.22. The van der Waals surface area contributed by atoms with E-state index in [1.165, 1.54) is 19.3 Å². The first-order chi connectivity index (χ1) is 11.9. The van der Waals surface area contributed by atoms with Crippen molar-refractivity contribution in [2.24, 2.45) is 0 Å². The predicted molar refractivity (Wildman–Crippen MR) is 91.7 cm³/mol. The highest BCUT2D eigenvalue weighted by Crippen LogP contribution is 2.18. The molecule has 0 unspecified atom stereocenters. The largest absolute Gasteiger partial charge is 0.369 e. The standard InChI is InChI=1S/C17H21N7/c1-2-5-15-22-23-16(24(15)10-3-1)6-4-8-19-17-13-11-18-9-7-14(13)20-12-21-17/h7,9,11-12H,1-6,8,10H2,(H,19,20,21). The van der Waals surface area contributed by atoms with Crippen molar-refractivity contribution >= 4 is 16.7 Å². The summed E-state index contributed by atoms with van der Waals surface area (Å²) in [5.74, 6) is 3.11. The van der Waals surface area contributed by atoms with Gasteiger partial charge in [-0.25, -0.2) is 9.97 Å². The molecule has 0 saturated carbocycles. The van der Waals surface area contributed by atoms with Gasteiger partial charge in [0, 0.05) is 38.3 Å². The Morgan fingerprint density at radius 3 is 3.12 bits per heavy atom. The second-order valence-electron chi connectivity index (χ2n) is 6.14. The average molecular weight is 323 g/mol. The Balaban J connectivity index is 1.37. The number of pyridine rings is 1. The van der Waals surface area contributed by atoms with Crippen molar-refractivity contribution in [3.8, 4) is 0 Å². The lowest BCUT2D eigenvalue weighted by Crippen LogP contribution is -2.09. The van der Waals surface area contributed by atoms with Gasteiger partial charge in [-0.3, -0.25) is 4.98 Å². The minimum absolute atomic E-state index is 0.837. The van der Waals surface area contributed by atoms with E-state index in [9.17, 15) is 0 Å². The molecule has 7 heteroatoms. The van der Waals surface area contributed by atoms with E-state index >= 15 is 0 Å². The quantitative estimate of drug-likeness (QED) is 0.726. The topological polar surface area (TPSA) is 81.4 Å². The van der Waals surface area contributed by atoms with E-state index in [0.717, 1.165) is 60.7 Å². The van der Waals surface area contributed by atoms with E-state index in [0.29, 0.717) is 0 Å². The summed E-state index contributed by atoms with van der Waals surface area (Å²) < 4.78 is 2.32. The van der Waals surface area contributed by atoms with Crippen molar-refractivity contribution in [3.63, 3.8) is 0 Å². The van der Waals surface area contributed by atoms with E-state index in [1.807, 2.05) is 6.07 Å². The lowest BCUT2D eigenvalue weighted by molar-refractivity contribution is 0.599. The fraction of sp³-hybridized carbons (Fsp3) is 0.471. The molecule has 0 atom stereocenters. The third kappa shape index (κ3) is 3.06. The van der Waals surface area contributed by atoms with Crippen LogP contribution in [0, 0.1) is 0 Å². The molecule has 0 bridgehead atoms. The summed E-state index contributed by atoms with van der Waals surface area (Å²) in [5.41, 5.74) is 0.908. The monoisotopic (exact) mass is 323 g/mol. The molecule has 0 radical (unpaired) electrons. The van der Waals surface area contributed by atoms with Crippen LogP contribution in [-0.2, 0) is 19.4 Å². The molecule has 1 aliphatic rings. The van der Waals surface area contributed by atoms with Gasteiger partial charge in [-0.15, -0.1) is 10.2 Å². The summed E-state index contributed by atoms with van der Waals surface area (Å²) in [6.07, 6.45) is 11.9. The van der Waals surface area contributed by atoms with E-state index in [-0.39, 0.29) is 0 Å². The van der Waals surface area contributed by atoms with Gasteiger partial charge in [0.05, 0.1) is 10.9 Å². The molecule has 0 saturated heterocycles. The molecule has 1 aliphatic heterocycles. The number of aromatic nitrogens is 6. The van der Waals surface area contributed by atoms with Crippen molar-refractivity contribution in [1.82, 2.24) is 29.7 Å². The van der Waals surface area contributed by atoms with Crippen LogP contribution in [0.25, 0.3) is 10.9 Å². The Labute approximate surface area is 140 Å². The summed E-state index contributed by atoms with van der Waals surface area (Å²) >= 11 is 0. The molecule has 0 amide bonds. The maximum absolute atomic E-state index is 4.38. The zero-order valence-electron chi connectivity index (χ0n) is 13.6. The van der Waals surface area contributed by atoms with E-state index < -0.39 is 0 Å². The minimum atomic E-state index is 0.837. The average Bonchev–Trinajstić information content (AvgIpc) is 2.85. The van der Waals surface area contributed by atoms with Crippen LogP contribution in [0.5, 0.6) is 0 Å². The molecule has 0 spiro atoms. The molecule has 4 rings (SSSR count). The molecule has 3 aromatic heterocycles. The number of hydrogen-bond acceptors (Lipinski definition) is 6. The zero-order valence-corrected chi connectivity index (χ0v) is 13.6. The Hall–Kier alpha value is -2.57. The first-order valence-electron chi connectivity index (χ1n) is 8.61. The van der Waals surface area contributed by atoms with Crippen molar-refractivity contribution in [3.05, 3.63) is 36.4 Å². The molecule has 3 aromatic rings. The Kier molecular flexibility index (Phi) is 4.31. The second-order valence-corrected chi connectivity index (χ2v) is 6.14. The first kappa shape index (κ1) is 15.0. The number of aryl methyl sites for hydroxylation is 2. The Morgan fingerprint density at radius 1 is 1.12 bits per heavy atom. The third-order valence-corrected chi connectivity index (χ3v) is 4.49. The Morgan fingerprint density at radius 2 is 2.12 bits per heavy atom. The molecule has 0 aromatic carbocycles. The second kappa shape index (κ2) is 6.90. The summed E-state index contributed by atoms with van der Waals surface area (Å²) in [5, 5.41) is 13.1. The van der Waals surface area contributed by atoms with Crippen molar-refractivity contribution in [1.29, 1.82) is 0 Å². The van der Waals surface area contributed by atoms with Gasteiger partial charge >= 0.3 is 0 Å². The number of hydrogen-bond donors (Lipinski definition) is 1. The van der Waals surface area contributed by atoms with Gasteiger partial charge in [-0.1, -0.05) is 6.42 Å². The van der Waals surface area contributed by atoms with E-state index in [2.05, 4.69) is 35.0 Å². The van der Waals surface area contributed by atoms with Crippen LogP contribution < -0.4 is 5.32 Å². The van der Waals surface area contributed by atoms with Gasteiger partial charge in [0.25, 0.3) is 0 Å². The molecule has 0 aliphatic carbocycles. The zero-order chi connectivity index (χ0) is 16.2. The SMILES string of the molecule is c1cc2ncnc(NCCCc3nnc4n3CCCCC4)c2cn1. The molecule has 124 valence electrons. The Bertz CT molecular complexity index is 821. The number of rotatable bonds is 5. The molecular formula is C17H21N7. The van der Waals surface area contributed by atoms with Crippen molar-refractivity contribution < 1.29 is 0 Å². The normalized spacial score (nSPS) is 14.3. The van der Waals surface area contributed by atoms with Crippen LogP contribution >= 0.6 is 0 Å².